The van der Waals surface area contributed by atoms with E-state index in [1.54, 1.807) is 18.4 Å². The van der Waals surface area contributed by atoms with E-state index in [1.807, 2.05) is 56.3 Å². The first-order valence-corrected chi connectivity index (χ1v) is 9.32. The number of benzene rings is 2. The largest absolute Gasteiger partial charge is 0.495 e. The molecule has 0 aliphatic heterocycles. The van der Waals surface area contributed by atoms with Crippen LogP contribution in [0.3, 0.4) is 0 Å². The number of hydrogen-bond donors (Lipinski definition) is 1. The molecule has 26 heavy (non-hydrogen) atoms. The molecule has 3 rings (SSSR count). The molecule has 4 nitrogen and oxygen atoms in total. The smallest absolute Gasteiger partial charge is 0.251 e. The number of halogens is 1. The van der Waals surface area contributed by atoms with Crippen molar-refractivity contribution in [1.29, 1.82) is 0 Å². The molecule has 1 aromatic heterocycles. The van der Waals surface area contributed by atoms with E-state index in [0.29, 0.717) is 22.9 Å². The first-order valence-electron chi connectivity index (χ1n) is 8.13. The van der Waals surface area contributed by atoms with E-state index in [-0.39, 0.29) is 5.91 Å². The maximum absolute atomic E-state index is 12.4. The van der Waals surface area contributed by atoms with Crippen LogP contribution in [0, 0.1) is 13.8 Å². The molecule has 6 heteroatoms. The summed E-state index contributed by atoms with van der Waals surface area (Å²) in [6.07, 6.45) is 0. The number of nitrogens with zero attached hydrogens (tertiary/aromatic N) is 1. The summed E-state index contributed by atoms with van der Waals surface area (Å²) in [6.45, 7) is 4.36. The average molecular weight is 387 g/mol. The molecular formula is C20H19ClN2O2S. The molecule has 0 spiro atoms. The summed E-state index contributed by atoms with van der Waals surface area (Å²) in [5.74, 6) is 0.520. The van der Waals surface area contributed by atoms with Crippen molar-refractivity contribution >= 4 is 28.8 Å². The van der Waals surface area contributed by atoms with Gasteiger partial charge < -0.3 is 10.1 Å². The molecule has 0 atom stereocenters. The highest BCUT2D eigenvalue weighted by atomic mass is 35.5. The van der Waals surface area contributed by atoms with Crippen LogP contribution in [0.5, 0.6) is 5.75 Å². The second-order valence-electron chi connectivity index (χ2n) is 5.90. The van der Waals surface area contributed by atoms with Crippen molar-refractivity contribution in [2.45, 2.75) is 20.4 Å². The summed E-state index contributed by atoms with van der Waals surface area (Å²) in [5.41, 5.74) is 3.50. The number of rotatable bonds is 5. The van der Waals surface area contributed by atoms with Crippen LogP contribution in [-0.4, -0.2) is 18.0 Å². The highest BCUT2D eigenvalue weighted by Crippen LogP contribution is 2.33. The van der Waals surface area contributed by atoms with Gasteiger partial charge in [-0.25, -0.2) is 4.98 Å². The first kappa shape index (κ1) is 18.4. The number of thiazole rings is 1. The maximum atomic E-state index is 12.4. The summed E-state index contributed by atoms with van der Waals surface area (Å²) in [7, 11) is 1.58. The zero-order valence-corrected chi connectivity index (χ0v) is 16.4. The molecule has 2 aromatic carbocycles. The predicted octanol–water partition coefficient (Wildman–Crippen LogP) is 5.02. The van der Waals surface area contributed by atoms with Gasteiger partial charge in [-0.3, -0.25) is 4.79 Å². The number of hydrogen-bond acceptors (Lipinski definition) is 4. The van der Waals surface area contributed by atoms with Crippen LogP contribution in [0.2, 0.25) is 5.02 Å². The maximum Gasteiger partial charge on any atom is 0.251 e. The van der Waals surface area contributed by atoms with Crippen LogP contribution in [0.15, 0.2) is 42.5 Å². The van der Waals surface area contributed by atoms with Gasteiger partial charge in [0.25, 0.3) is 5.91 Å². The van der Waals surface area contributed by atoms with E-state index in [2.05, 4.69) is 10.3 Å². The van der Waals surface area contributed by atoms with Crippen molar-refractivity contribution in [3.05, 3.63) is 68.5 Å². The van der Waals surface area contributed by atoms with E-state index >= 15 is 0 Å². The molecule has 1 N–H and O–H groups in total. The SMILES string of the molecule is COc1ccc(-c2nc(C)sc2CNC(=O)c2ccc(C)cc2)cc1Cl. The van der Waals surface area contributed by atoms with Crippen molar-refractivity contribution < 1.29 is 9.53 Å². The van der Waals surface area contributed by atoms with E-state index in [1.165, 1.54) is 0 Å². The molecule has 0 bridgehead atoms. The number of nitrogens with one attached hydrogen (secondary N) is 1. The summed E-state index contributed by atoms with van der Waals surface area (Å²) in [5, 5.41) is 4.44. The van der Waals surface area contributed by atoms with Gasteiger partial charge in [-0.15, -0.1) is 11.3 Å². The van der Waals surface area contributed by atoms with E-state index < -0.39 is 0 Å². The Morgan fingerprint density at radius 2 is 1.92 bits per heavy atom. The Hall–Kier alpha value is -2.37. The van der Waals surface area contributed by atoms with Gasteiger partial charge in [0.2, 0.25) is 0 Å². The Bertz CT molecular complexity index is 935. The minimum atomic E-state index is -0.102. The molecule has 0 aliphatic carbocycles. The highest BCUT2D eigenvalue weighted by molar-refractivity contribution is 7.12. The average Bonchev–Trinajstić information content (AvgIpc) is 3.01. The molecule has 0 aliphatic rings. The zero-order valence-electron chi connectivity index (χ0n) is 14.8. The van der Waals surface area contributed by atoms with Gasteiger partial charge in [0.15, 0.2) is 0 Å². The van der Waals surface area contributed by atoms with Gasteiger partial charge >= 0.3 is 0 Å². The number of aromatic nitrogens is 1. The van der Waals surface area contributed by atoms with Gasteiger partial charge in [-0.1, -0.05) is 29.3 Å². The zero-order chi connectivity index (χ0) is 18.7. The van der Waals surface area contributed by atoms with Crippen molar-refractivity contribution in [3.63, 3.8) is 0 Å². The van der Waals surface area contributed by atoms with Crippen molar-refractivity contribution in [3.8, 4) is 17.0 Å². The van der Waals surface area contributed by atoms with Gasteiger partial charge in [0.1, 0.15) is 5.75 Å². The molecule has 1 heterocycles. The molecule has 0 radical (unpaired) electrons. The van der Waals surface area contributed by atoms with E-state index in [9.17, 15) is 4.79 Å². The Balaban J connectivity index is 1.80. The van der Waals surface area contributed by atoms with Crippen molar-refractivity contribution in [2.24, 2.45) is 0 Å². The minimum absolute atomic E-state index is 0.102. The molecule has 1 amide bonds. The van der Waals surface area contributed by atoms with Crippen molar-refractivity contribution in [2.75, 3.05) is 7.11 Å². The van der Waals surface area contributed by atoms with E-state index in [4.69, 9.17) is 16.3 Å². The lowest BCUT2D eigenvalue weighted by Gasteiger charge is -2.08. The highest BCUT2D eigenvalue weighted by Gasteiger charge is 2.14. The number of ether oxygens (including phenoxy) is 1. The number of methoxy groups -OCH3 is 1. The number of amides is 1. The fourth-order valence-corrected chi connectivity index (χ4v) is 3.75. The lowest BCUT2D eigenvalue weighted by Crippen LogP contribution is -2.22. The van der Waals surface area contributed by atoms with Gasteiger partial charge in [-0.2, -0.15) is 0 Å². The summed E-state index contributed by atoms with van der Waals surface area (Å²) >= 11 is 7.80. The second-order valence-corrected chi connectivity index (χ2v) is 7.60. The topological polar surface area (TPSA) is 51.2 Å². The third-order valence-electron chi connectivity index (χ3n) is 3.95. The van der Waals surface area contributed by atoms with Gasteiger partial charge in [0, 0.05) is 11.1 Å². The van der Waals surface area contributed by atoms with Crippen LogP contribution in [-0.2, 0) is 6.54 Å². The fraction of sp³-hybridized carbons (Fsp3) is 0.200. The Morgan fingerprint density at radius 1 is 1.19 bits per heavy atom. The molecule has 0 unspecified atom stereocenters. The monoisotopic (exact) mass is 386 g/mol. The molecule has 0 fully saturated rings. The second kappa shape index (κ2) is 7.89. The van der Waals surface area contributed by atoms with Gasteiger partial charge in [-0.05, 0) is 44.2 Å². The predicted molar refractivity (Wildman–Crippen MR) is 106 cm³/mol. The normalized spacial score (nSPS) is 10.6. The van der Waals surface area contributed by atoms with Crippen molar-refractivity contribution in [1.82, 2.24) is 10.3 Å². The summed E-state index contributed by atoms with van der Waals surface area (Å²) < 4.78 is 5.20. The van der Waals surface area contributed by atoms with Gasteiger partial charge in [0.05, 0.1) is 34.3 Å². The van der Waals surface area contributed by atoms with Crippen LogP contribution in [0.4, 0.5) is 0 Å². The number of aryl methyl sites for hydroxylation is 2. The summed E-state index contributed by atoms with van der Waals surface area (Å²) in [4.78, 5) is 18.0. The minimum Gasteiger partial charge on any atom is -0.495 e. The molecule has 3 aromatic rings. The Kier molecular flexibility index (Phi) is 5.59. The van der Waals surface area contributed by atoms with Crippen LogP contribution >= 0.6 is 22.9 Å². The quantitative estimate of drug-likeness (QED) is 0.669. The Morgan fingerprint density at radius 3 is 2.58 bits per heavy atom. The van der Waals surface area contributed by atoms with E-state index in [0.717, 1.165) is 26.7 Å². The third kappa shape index (κ3) is 4.06. The molecular weight excluding hydrogens is 368 g/mol. The molecule has 0 saturated carbocycles. The lowest BCUT2D eigenvalue weighted by molar-refractivity contribution is 0.0951. The summed E-state index contributed by atoms with van der Waals surface area (Å²) in [6, 6.07) is 13.1. The fourth-order valence-electron chi connectivity index (χ4n) is 2.60. The van der Waals surface area contributed by atoms with Crippen LogP contribution in [0.25, 0.3) is 11.3 Å². The molecule has 134 valence electrons. The first-order chi connectivity index (χ1) is 12.5. The standard InChI is InChI=1S/C20H19ClN2O2S/c1-12-4-6-14(7-5-12)20(24)22-11-18-19(23-13(2)26-18)15-8-9-17(25-3)16(21)10-15/h4-10H,11H2,1-3H3,(H,22,24). The number of carbonyl (C=O) groups excluding carboxylic acids is 1. The van der Waals surface area contributed by atoms with Crippen LogP contribution < -0.4 is 10.1 Å². The lowest BCUT2D eigenvalue weighted by atomic mass is 10.1. The Labute approximate surface area is 161 Å². The number of carbonyl (C=O) groups is 1. The van der Waals surface area contributed by atoms with Crippen LogP contribution in [0.1, 0.15) is 25.8 Å². The third-order valence-corrected chi connectivity index (χ3v) is 5.22. The molecule has 0 saturated heterocycles.